The zero-order valence-corrected chi connectivity index (χ0v) is 13.7. The van der Waals surface area contributed by atoms with Crippen molar-refractivity contribution in [2.75, 3.05) is 31.1 Å². The number of halogens is 1. The molecule has 0 bridgehead atoms. The van der Waals surface area contributed by atoms with Crippen molar-refractivity contribution in [1.29, 1.82) is 0 Å². The van der Waals surface area contributed by atoms with Crippen LogP contribution in [0.25, 0.3) is 22.8 Å². The molecule has 1 aliphatic heterocycles. The first-order chi connectivity index (χ1) is 12.3. The van der Waals surface area contributed by atoms with Crippen LogP contribution in [0.3, 0.4) is 0 Å². The number of hydrogen-bond acceptors (Lipinski definition) is 6. The van der Waals surface area contributed by atoms with Gasteiger partial charge in [-0.1, -0.05) is 17.3 Å². The Bertz CT molecular complexity index is 858. The second-order valence-corrected chi connectivity index (χ2v) is 5.93. The maximum absolute atomic E-state index is 13.4. The van der Waals surface area contributed by atoms with E-state index < -0.39 is 0 Å². The summed E-state index contributed by atoms with van der Waals surface area (Å²) in [5, 5.41) is 7.34. The molecule has 6 nitrogen and oxygen atoms in total. The van der Waals surface area contributed by atoms with Crippen LogP contribution >= 0.6 is 0 Å². The summed E-state index contributed by atoms with van der Waals surface area (Å²) in [5.41, 5.74) is 1.39. The van der Waals surface area contributed by atoms with Gasteiger partial charge in [0.1, 0.15) is 11.6 Å². The number of aromatic nitrogens is 3. The molecule has 0 unspecified atom stereocenters. The summed E-state index contributed by atoms with van der Waals surface area (Å²) in [6.07, 6.45) is 2.82. The summed E-state index contributed by atoms with van der Waals surface area (Å²) in [6.45, 7) is 3.84. The molecule has 0 radical (unpaired) electrons. The maximum atomic E-state index is 13.4. The highest BCUT2D eigenvalue weighted by Gasteiger charge is 2.15. The van der Waals surface area contributed by atoms with Crippen molar-refractivity contribution in [1.82, 2.24) is 20.4 Å². The summed E-state index contributed by atoms with van der Waals surface area (Å²) >= 11 is 0. The lowest BCUT2D eigenvalue weighted by Gasteiger charge is -2.21. The van der Waals surface area contributed by atoms with Crippen molar-refractivity contribution >= 4 is 5.82 Å². The van der Waals surface area contributed by atoms with E-state index in [0.717, 1.165) is 44.0 Å². The van der Waals surface area contributed by atoms with Gasteiger partial charge >= 0.3 is 0 Å². The van der Waals surface area contributed by atoms with Gasteiger partial charge in [0.25, 0.3) is 5.89 Å². The molecule has 0 amide bonds. The molecule has 128 valence electrons. The summed E-state index contributed by atoms with van der Waals surface area (Å²) in [4.78, 5) is 11.1. The topological polar surface area (TPSA) is 67.1 Å². The Hall–Kier alpha value is -2.80. The van der Waals surface area contributed by atoms with Gasteiger partial charge in [0.15, 0.2) is 0 Å². The maximum Gasteiger partial charge on any atom is 0.258 e. The highest BCUT2D eigenvalue weighted by Crippen LogP contribution is 2.25. The number of nitrogens with one attached hydrogen (secondary N) is 1. The number of rotatable bonds is 3. The summed E-state index contributed by atoms with van der Waals surface area (Å²) in [5.74, 6) is 1.33. The van der Waals surface area contributed by atoms with E-state index in [-0.39, 0.29) is 5.82 Å². The van der Waals surface area contributed by atoms with Crippen molar-refractivity contribution in [3.8, 4) is 22.8 Å². The first-order valence-corrected chi connectivity index (χ1v) is 8.31. The normalized spacial score (nSPS) is 15.2. The van der Waals surface area contributed by atoms with Crippen LogP contribution in [0.4, 0.5) is 10.2 Å². The van der Waals surface area contributed by atoms with E-state index in [4.69, 9.17) is 4.52 Å². The molecule has 1 N–H and O–H groups in total. The molecular weight excluding hydrogens is 321 g/mol. The van der Waals surface area contributed by atoms with Crippen molar-refractivity contribution in [2.45, 2.75) is 6.42 Å². The van der Waals surface area contributed by atoms with Gasteiger partial charge in [-0.3, -0.25) is 0 Å². The van der Waals surface area contributed by atoms with Gasteiger partial charge in [0, 0.05) is 37.0 Å². The first-order valence-electron chi connectivity index (χ1n) is 8.31. The monoisotopic (exact) mass is 339 g/mol. The lowest BCUT2D eigenvalue weighted by Crippen LogP contribution is -2.28. The number of hydrogen-bond donors (Lipinski definition) is 1. The minimum absolute atomic E-state index is 0.329. The predicted octanol–water partition coefficient (Wildman–Crippen LogP) is 2.74. The number of anilines is 1. The minimum atomic E-state index is -0.329. The van der Waals surface area contributed by atoms with Gasteiger partial charge in [-0.2, -0.15) is 4.98 Å². The highest BCUT2D eigenvalue weighted by atomic mass is 19.1. The van der Waals surface area contributed by atoms with Crippen LogP contribution in [0.5, 0.6) is 0 Å². The van der Waals surface area contributed by atoms with E-state index in [0.29, 0.717) is 17.3 Å². The van der Waals surface area contributed by atoms with Crippen LogP contribution in [-0.4, -0.2) is 41.3 Å². The fourth-order valence-corrected chi connectivity index (χ4v) is 2.88. The van der Waals surface area contributed by atoms with Crippen molar-refractivity contribution < 1.29 is 8.91 Å². The van der Waals surface area contributed by atoms with E-state index >= 15 is 0 Å². The number of nitrogens with zero attached hydrogens (tertiary/aromatic N) is 4. The summed E-state index contributed by atoms with van der Waals surface area (Å²) < 4.78 is 18.7. The lowest BCUT2D eigenvalue weighted by atomic mass is 10.2. The van der Waals surface area contributed by atoms with E-state index in [9.17, 15) is 4.39 Å². The molecule has 4 rings (SSSR count). The van der Waals surface area contributed by atoms with Crippen LogP contribution in [0, 0.1) is 5.82 Å². The van der Waals surface area contributed by atoms with Crippen LogP contribution in [0.1, 0.15) is 6.42 Å². The molecule has 1 aliphatic rings. The number of pyridine rings is 1. The van der Waals surface area contributed by atoms with Crippen molar-refractivity contribution in [2.24, 2.45) is 0 Å². The third-order valence-corrected chi connectivity index (χ3v) is 4.17. The summed E-state index contributed by atoms with van der Waals surface area (Å²) in [6, 6.07) is 9.93. The smallest absolute Gasteiger partial charge is 0.258 e. The minimum Gasteiger partial charge on any atom is -0.355 e. The SMILES string of the molecule is Fc1cccc(-c2noc(-c3ccnc(N4CCCNCC4)c3)n2)c1. The summed E-state index contributed by atoms with van der Waals surface area (Å²) in [7, 11) is 0. The zero-order chi connectivity index (χ0) is 17.1. The number of benzene rings is 1. The van der Waals surface area contributed by atoms with Gasteiger partial charge in [0.05, 0.1) is 0 Å². The van der Waals surface area contributed by atoms with E-state index in [2.05, 4.69) is 25.3 Å². The standard InChI is InChI=1S/C18H18FN5O/c19-15-4-1-3-13(11-15)17-22-18(25-23-17)14-5-7-21-16(12-14)24-9-2-6-20-8-10-24/h1,3-5,7,11-12,20H,2,6,8-10H2. The van der Waals surface area contributed by atoms with Gasteiger partial charge in [-0.25, -0.2) is 9.37 Å². The molecule has 0 saturated carbocycles. The molecule has 1 fully saturated rings. The van der Waals surface area contributed by atoms with Gasteiger partial charge in [-0.15, -0.1) is 0 Å². The Morgan fingerprint density at radius 3 is 2.96 bits per heavy atom. The van der Waals surface area contributed by atoms with Crippen LogP contribution in [-0.2, 0) is 0 Å². The van der Waals surface area contributed by atoms with E-state index in [1.165, 1.54) is 12.1 Å². The fraction of sp³-hybridized carbons (Fsp3) is 0.278. The zero-order valence-electron chi connectivity index (χ0n) is 13.7. The molecule has 25 heavy (non-hydrogen) atoms. The first kappa shape index (κ1) is 15.7. The fourth-order valence-electron chi connectivity index (χ4n) is 2.88. The van der Waals surface area contributed by atoms with Gasteiger partial charge < -0.3 is 14.7 Å². The van der Waals surface area contributed by atoms with Gasteiger partial charge in [0.2, 0.25) is 5.82 Å². The van der Waals surface area contributed by atoms with Crippen LogP contribution < -0.4 is 10.2 Å². The largest absolute Gasteiger partial charge is 0.355 e. The molecule has 0 atom stereocenters. The molecule has 3 aromatic rings. The Morgan fingerprint density at radius 2 is 2.04 bits per heavy atom. The van der Waals surface area contributed by atoms with Crippen LogP contribution in [0.15, 0.2) is 47.1 Å². The Morgan fingerprint density at radius 1 is 1.08 bits per heavy atom. The van der Waals surface area contributed by atoms with Crippen molar-refractivity contribution in [3.63, 3.8) is 0 Å². The molecule has 0 spiro atoms. The average molecular weight is 339 g/mol. The Balaban J connectivity index is 1.61. The second kappa shape index (κ2) is 6.98. The molecule has 1 saturated heterocycles. The molecule has 0 aliphatic carbocycles. The van der Waals surface area contributed by atoms with Crippen LogP contribution in [0.2, 0.25) is 0 Å². The third kappa shape index (κ3) is 3.51. The van der Waals surface area contributed by atoms with E-state index in [1.54, 1.807) is 18.3 Å². The Labute approximate surface area is 144 Å². The molecule has 1 aromatic carbocycles. The molecule has 7 heteroatoms. The third-order valence-electron chi connectivity index (χ3n) is 4.17. The quantitative estimate of drug-likeness (QED) is 0.791. The molecular formula is C18H18FN5O. The Kier molecular flexibility index (Phi) is 4.39. The predicted molar refractivity (Wildman–Crippen MR) is 92.6 cm³/mol. The lowest BCUT2D eigenvalue weighted by molar-refractivity contribution is 0.432. The van der Waals surface area contributed by atoms with Crippen molar-refractivity contribution in [3.05, 3.63) is 48.4 Å². The molecule has 3 heterocycles. The second-order valence-electron chi connectivity index (χ2n) is 5.93. The van der Waals surface area contributed by atoms with E-state index in [1.807, 2.05) is 12.1 Å². The van der Waals surface area contributed by atoms with Gasteiger partial charge in [-0.05, 0) is 37.2 Å². The molecule has 2 aromatic heterocycles. The highest BCUT2D eigenvalue weighted by molar-refractivity contribution is 5.62. The average Bonchev–Trinajstić information content (AvgIpc) is 2.98.